The van der Waals surface area contributed by atoms with Crippen molar-refractivity contribution in [2.45, 2.75) is 5.21 Å². The first-order valence-electron chi connectivity index (χ1n) is 3.02. The minimum absolute atomic E-state index is 0.223. The number of hydrogen-bond donors (Lipinski definition) is 2. The van der Waals surface area contributed by atoms with E-state index in [9.17, 15) is 3.74 Å². The Balaban J connectivity index is 2.74. The van der Waals surface area contributed by atoms with Gasteiger partial charge in [-0.15, -0.1) is 0 Å². The van der Waals surface area contributed by atoms with Crippen LogP contribution in [0.1, 0.15) is 5.69 Å². The second kappa shape index (κ2) is 3.22. The Labute approximate surface area is 66.9 Å². The fourth-order valence-corrected chi connectivity index (χ4v) is 1.98. The van der Waals surface area contributed by atoms with Crippen LogP contribution in [0.15, 0.2) is 24.4 Å². The zero-order chi connectivity index (χ0) is 8.32. The van der Waals surface area contributed by atoms with Gasteiger partial charge >= 0.3 is 66.4 Å². The Morgan fingerprint density at radius 1 is 1.45 bits per heavy atom. The van der Waals surface area contributed by atoms with E-state index in [1.807, 2.05) is 0 Å². The molecule has 1 heterocycles. The van der Waals surface area contributed by atoms with Gasteiger partial charge in [-0.05, 0) is 0 Å². The molecule has 0 aliphatic carbocycles. The summed E-state index contributed by atoms with van der Waals surface area (Å²) in [6, 6.07) is 5.00. The van der Waals surface area contributed by atoms with Crippen molar-refractivity contribution in [3.05, 3.63) is 30.1 Å². The van der Waals surface area contributed by atoms with Crippen LogP contribution in [0, 0.1) is 0 Å². The standard InChI is InChI=1S/C6H8AsNO3/c9-7(10,11)5-6-3-1-2-4-8-6/h1-4H,5H2,(H2,9,10,11). The average Bonchev–Trinajstić information content (AvgIpc) is 1.85. The molecule has 4 nitrogen and oxygen atoms in total. The van der Waals surface area contributed by atoms with Crippen LogP contribution >= 0.6 is 0 Å². The molecule has 0 fully saturated rings. The maximum absolute atomic E-state index is 10.5. The molecule has 11 heavy (non-hydrogen) atoms. The number of rotatable bonds is 2. The number of aromatic nitrogens is 1. The Hall–Kier alpha value is -0.572. The van der Waals surface area contributed by atoms with E-state index in [1.54, 1.807) is 18.2 Å². The summed E-state index contributed by atoms with van der Waals surface area (Å²) >= 11 is -4.52. The van der Waals surface area contributed by atoms with Gasteiger partial charge in [0.1, 0.15) is 0 Å². The zero-order valence-electron chi connectivity index (χ0n) is 5.71. The molecule has 0 atom stereocenters. The molecular weight excluding hydrogens is 209 g/mol. The van der Waals surface area contributed by atoms with E-state index in [0.29, 0.717) is 5.69 Å². The van der Waals surface area contributed by atoms with Gasteiger partial charge in [0.15, 0.2) is 0 Å². The predicted molar refractivity (Wildman–Crippen MR) is 38.8 cm³/mol. The van der Waals surface area contributed by atoms with Crippen LogP contribution in [-0.2, 0) is 8.95 Å². The second-order valence-corrected chi connectivity index (χ2v) is 5.60. The van der Waals surface area contributed by atoms with Gasteiger partial charge in [-0.1, -0.05) is 0 Å². The van der Waals surface area contributed by atoms with Crippen LogP contribution in [0.5, 0.6) is 0 Å². The van der Waals surface area contributed by atoms with E-state index in [-0.39, 0.29) is 5.21 Å². The summed E-state index contributed by atoms with van der Waals surface area (Å²) in [7, 11) is 0. The van der Waals surface area contributed by atoms with Crippen LogP contribution in [-0.4, -0.2) is 27.3 Å². The van der Waals surface area contributed by atoms with E-state index >= 15 is 0 Å². The van der Waals surface area contributed by atoms with E-state index < -0.39 is 14.2 Å². The molecule has 0 aromatic carbocycles. The Kier molecular flexibility index (Phi) is 2.49. The number of nitrogens with zero attached hydrogens (tertiary/aromatic N) is 1. The monoisotopic (exact) mass is 217 g/mol. The molecule has 5 heteroatoms. The van der Waals surface area contributed by atoms with Gasteiger partial charge in [0.2, 0.25) is 0 Å². The molecule has 0 radical (unpaired) electrons. The molecule has 0 spiro atoms. The summed E-state index contributed by atoms with van der Waals surface area (Å²) in [5.41, 5.74) is 0.444. The van der Waals surface area contributed by atoms with Crippen molar-refractivity contribution in [1.29, 1.82) is 0 Å². The van der Waals surface area contributed by atoms with Gasteiger partial charge in [-0.2, -0.15) is 0 Å². The first kappa shape index (κ1) is 8.52. The van der Waals surface area contributed by atoms with Gasteiger partial charge in [0.05, 0.1) is 0 Å². The Morgan fingerprint density at radius 2 is 2.18 bits per heavy atom. The molecule has 0 bridgehead atoms. The van der Waals surface area contributed by atoms with E-state index in [4.69, 9.17) is 8.19 Å². The average molecular weight is 217 g/mol. The minimum atomic E-state index is -4.52. The SMILES string of the molecule is O=[As](O)(O)Cc1ccccn1. The van der Waals surface area contributed by atoms with Crippen molar-refractivity contribution in [1.82, 2.24) is 4.98 Å². The third kappa shape index (κ3) is 3.37. The topological polar surface area (TPSA) is 70.4 Å². The quantitative estimate of drug-likeness (QED) is 0.656. The summed E-state index contributed by atoms with van der Waals surface area (Å²) in [5, 5.41) is -0.223. The van der Waals surface area contributed by atoms with Crippen LogP contribution in [0.2, 0.25) is 0 Å². The van der Waals surface area contributed by atoms with Gasteiger partial charge in [0, 0.05) is 0 Å². The van der Waals surface area contributed by atoms with Gasteiger partial charge < -0.3 is 0 Å². The van der Waals surface area contributed by atoms with Crippen LogP contribution in [0.25, 0.3) is 0 Å². The van der Waals surface area contributed by atoms with Gasteiger partial charge in [-0.25, -0.2) is 0 Å². The fourth-order valence-electron chi connectivity index (χ4n) is 0.703. The van der Waals surface area contributed by atoms with Crippen LogP contribution in [0.3, 0.4) is 0 Å². The van der Waals surface area contributed by atoms with Crippen molar-refractivity contribution in [3.8, 4) is 0 Å². The van der Waals surface area contributed by atoms with Crippen LogP contribution < -0.4 is 0 Å². The summed E-state index contributed by atoms with van der Waals surface area (Å²) in [6.45, 7) is 0. The molecule has 0 saturated heterocycles. The first-order valence-corrected chi connectivity index (χ1v) is 6.79. The van der Waals surface area contributed by atoms with Crippen molar-refractivity contribution >= 4 is 14.2 Å². The third-order valence-corrected chi connectivity index (χ3v) is 2.64. The molecule has 1 aromatic rings. The van der Waals surface area contributed by atoms with Crippen molar-refractivity contribution < 1.29 is 11.9 Å². The molecule has 0 aliphatic heterocycles. The summed E-state index contributed by atoms with van der Waals surface area (Å²) < 4.78 is 27.7. The maximum atomic E-state index is 10.5. The summed E-state index contributed by atoms with van der Waals surface area (Å²) in [4.78, 5) is 3.79. The number of hydrogen-bond acceptors (Lipinski definition) is 2. The third-order valence-electron chi connectivity index (χ3n) is 1.09. The van der Waals surface area contributed by atoms with Crippen molar-refractivity contribution in [3.63, 3.8) is 0 Å². The van der Waals surface area contributed by atoms with Crippen molar-refractivity contribution in [2.24, 2.45) is 0 Å². The zero-order valence-corrected chi connectivity index (χ0v) is 7.59. The molecule has 2 N–H and O–H groups in total. The summed E-state index contributed by atoms with van der Waals surface area (Å²) in [6.07, 6.45) is 1.51. The molecule has 60 valence electrons. The fraction of sp³-hybridized carbons (Fsp3) is 0.167. The van der Waals surface area contributed by atoms with Crippen molar-refractivity contribution in [2.75, 3.05) is 0 Å². The molecule has 1 rings (SSSR count). The Bertz CT molecular complexity index is 268. The van der Waals surface area contributed by atoms with E-state index in [2.05, 4.69) is 4.98 Å². The second-order valence-electron chi connectivity index (χ2n) is 2.14. The van der Waals surface area contributed by atoms with Gasteiger partial charge in [-0.3, -0.25) is 0 Å². The molecule has 0 unspecified atom stereocenters. The predicted octanol–water partition coefficient (Wildman–Crippen LogP) is -0.483. The molecule has 0 amide bonds. The van der Waals surface area contributed by atoms with E-state index in [1.165, 1.54) is 6.20 Å². The first-order chi connectivity index (χ1) is 5.08. The molecule has 0 saturated carbocycles. The summed E-state index contributed by atoms with van der Waals surface area (Å²) in [5.74, 6) is 0. The van der Waals surface area contributed by atoms with Crippen LogP contribution in [0.4, 0.5) is 0 Å². The van der Waals surface area contributed by atoms with E-state index in [0.717, 1.165) is 0 Å². The molecular formula is C6H8AsNO3. The Morgan fingerprint density at radius 3 is 2.64 bits per heavy atom. The van der Waals surface area contributed by atoms with Gasteiger partial charge in [0.25, 0.3) is 0 Å². The number of pyridine rings is 1. The normalized spacial score (nSPS) is 11.5. The molecule has 1 aromatic heterocycles. The molecule has 0 aliphatic rings.